The third-order valence-electron chi connectivity index (χ3n) is 4.39. The molecule has 1 saturated carbocycles. The molecule has 2 heterocycles. The molecule has 94 valence electrons. The summed E-state index contributed by atoms with van der Waals surface area (Å²) in [5.41, 5.74) is 7.53. The molecule has 3 nitrogen and oxygen atoms in total. The first-order valence-corrected chi connectivity index (χ1v) is 7.21. The van der Waals surface area contributed by atoms with Gasteiger partial charge in [-0.2, -0.15) is 0 Å². The van der Waals surface area contributed by atoms with Gasteiger partial charge in [-0.05, 0) is 25.7 Å². The normalized spacial score (nSPS) is 22.1. The number of nitrogens with two attached hydrogens (primary N) is 1. The molecule has 0 unspecified atom stereocenters. The molecule has 0 aromatic carbocycles. The minimum absolute atomic E-state index is 0.635. The van der Waals surface area contributed by atoms with Crippen LogP contribution in [0.4, 0.5) is 5.82 Å². The van der Waals surface area contributed by atoms with Crippen LogP contribution in [0.25, 0.3) is 0 Å². The highest BCUT2D eigenvalue weighted by molar-refractivity contribution is 5.41. The van der Waals surface area contributed by atoms with Gasteiger partial charge in [0.15, 0.2) is 0 Å². The van der Waals surface area contributed by atoms with Crippen molar-refractivity contribution in [3.05, 3.63) is 11.5 Å². The molecule has 0 radical (unpaired) electrons. The van der Waals surface area contributed by atoms with E-state index < -0.39 is 0 Å². The van der Waals surface area contributed by atoms with Crippen LogP contribution in [-0.2, 0) is 13.0 Å². The number of fused-ring (bicyclic) bond motifs is 1. The first-order valence-electron chi connectivity index (χ1n) is 7.21. The zero-order valence-electron chi connectivity index (χ0n) is 10.6. The lowest BCUT2D eigenvalue weighted by molar-refractivity contribution is 0.527. The number of nitrogens with zero attached hydrogens (tertiary/aromatic N) is 2. The van der Waals surface area contributed by atoms with E-state index in [2.05, 4.69) is 4.57 Å². The van der Waals surface area contributed by atoms with Crippen molar-refractivity contribution in [1.29, 1.82) is 0 Å². The summed E-state index contributed by atoms with van der Waals surface area (Å²) < 4.78 is 2.27. The second-order valence-corrected chi connectivity index (χ2v) is 5.60. The van der Waals surface area contributed by atoms with E-state index in [1.54, 1.807) is 0 Å². The van der Waals surface area contributed by atoms with E-state index in [4.69, 9.17) is 10.7 Å². The summed E-state index contributed by atoms with van der Waals surface area (Å²) in [6.45, 7) is 1.08. The van der Waals surface area contributed by atoms with Gasteiger partial charge < -0.3 is 10.3 Å². The summed E-state index contributed by atoms with van der Waals surface area (Å²) in [5.74, 6) is 2.86. The SMILES string of the molecule is Nc1c(C2CCCCCC2)nc2n1CCCC2. The van der Waals surface area contributed by atoms with E-state index in [0.29, 0.717) is 5.92 Å². The Kier molecular flexibility index (Phi) is 3.08. The van der Waals surface area contributed by atoms with Crippen molar-refractivity contribution >= 4 is 5.82 Å². The average Bonchev–Trinajstić information content (AvgIpc) is 2.57. The highest BCUT2D eigenvalue weighted by Crippen LogP contribution is 2.35. The molecule has 1 aliphatic carbocycles. The van der Waals surface area contributed by atoms with Gasteiger partial charge in [0.1, 0.15) is 11.6 Å². The molecule has 1 aliphatic heterocycles. The van der Waals surface area contributed by atoms with Crippen LogP contribution in [0.3, 0.4) is 0 Å². The first-order chi connectivity index (χ1) is 8.36. The molecule has 3 heteroatoms. The lowest BCUT2D eigenvalue weighted by Gasteiger charge is -2.15. The van der Waals surface area contributed by atoms with E-state index in [1.165, 1.54) is 62.9 Å². The quantitative estimate of drug-likeness (QED) is 0.757. The summed E-state index contributed by atoms with van der Waals surface area (Å²) in [7, 11) is 0. The molecular weight excluding hydrogens is 210 g/mol. The molecule has 17 heavy (non-hydrogen) atoms. The number of hydrogen-bond acceptors (Lipinski definition) is 2. The Balaban J connectivity index is 1.88. The number of rotatable bonds is 1. The largest absolute Gasteiger partial charge is 0.384 e. The molecule has 2 N–H and O–H groups in total. The van der Waals surface area contributed by atoms with E-state index in [0.717, 1.165) is 18.8 Å². The number of aryl methyl sites for hydroxylation is 1. The monoisotopic (exact) mass is 233 g/mol. The van der Waals surface area contributed by atoms with Gasteiger partial charge in [0.2, 0.25) is 0 Å². The lowest BCUT2D eigenvalue weighted by atomic mass is 9.96. The van der Waals surface area contributed by atoms with Crippen LogP contribution in [-0.4, -0.2) is 9.55 Å². The van der Waals surface area contributed by atoms with E-state index >= 15 is 0 Å². The summed E-state index contributed by atoms with van der Waals surface area (Å²) in [6.07, 6.45) is 11.7. The van der Waals surface area contributed by atoms with Crippen LogP contribution in [0.2, 0.25) is 0 Å². The fourth-order valence-corrected chi connectivity index (χ4v) is 3.38. The number of imidazole rings is 1. The van der Waals surface area contributed by atoms with Crippen molar-refractivity contribution in [2.24, 2.45) is 0 Å². The molecule has 0 saturated heterocycles. The topological polar surface area (TPSA) is 43.8 Å². The third kappa shape index (κ3) is 2.07. The van der Waals surface area contributed by atoms with Gasteiger partial charge in [-0.15, -0.1) is 0 Å². The maximum Gasteiger partial charge on any atom is 0.127 e. The first kappa shape index (κ1) is 11.1. The van der Waals surface area contributed by atoms with E-state index in [-0.39, 0.29) is 0 Å². The summed E-state index contributed by atoms with van der Waals surface area (Å²) >= 11 is 0. The van der Waals surface area contributed by atoms with Crippen LogP contribution >= 0.6 is 0 Å². The molecule has 0 atom stereocenters. The average molecular weight is 233 g/mol. The molecule has 2 aliphatic rings. The zero-order valence-corrected chi connectivity index (χ0v) is 10.6. The number of hydrogen-bond donors (Lipinski definition) is 1. The molecular formula is C14H23N3. The van der Waals surface area contributed by atoms with Crippen molar-refractivity contribution in [3.8, 4) is 0 Å². The van der Waals surface area contributed by atoms with Gasteiger partial charge in [-0.1, -0.05) is 25.7 Å². The Morgan fingerprint density at radius 2 is 1.76 bits per heavy atom. The van der Waals surface area contributed by atoms with Crippen molar-refractivity contribution in [2.75, 3.05) is 5.73 Å². The van der Waals surface area contributed by atoms with Crippen molar-refractivity contribution < 1.29 is 0 Å². The number of anilines is 1. The predicted octanol–water partition coefficient (Wildman–Crippen LogP) is 3.24. The Bertz CT molecular complexity index is 386. The highest BCUT2D eigenvalue weighted by Gasteiger charge is 2.24. The Labute approximate surface area is 103 Å². The smallest absolute Gasteiger partial charge is 0.127 e. The molecule has 0 spiro atoms. The Morgan fingerprint density at radius 3 is 2.47 bits per heavy atom. The number of aromatic nitrogens is 2. The predicted molar refractivity (Wildman–Crippen MR) is 70.0 cm³/mol. The van der Waals surface area contributed by atoms with Crippen LogP contribution < -0.4 is 5.73 Å². The van der Waals surface area contributed by atoms with Gasteiger partial charge in [0, 0.05) is 18.9 Å². The van der Waals surface area contributed by atoms with Gasteiger partial charge in [0.05, 0.1) is 5.69 Å². The summed E-state index contributed by atoms with van der Waals surface area (Å²) in [6, 6.07) is 0. The Morgan fingerprint density at radius 1 is 1.00 bits per heavy atom. The minimum Gasteiger partial charge on any atom is -0.384 e. The van der Waals surface area contributed by atoms with Crippen LogP contribution in [0.15, 0.2) is 0 Å². The van der Waals surface area contributed by atoms with Gasteiger partial charge >= 0.3 is 0 Å². The molecule has 3 rings (SSSR count). The minimum atomic E-state index is 0.635. The van der Waals surface area contributed by atoms with Gasteiger partial charge in [-0.25, -0.2) is 4.98 Å². The maximum atomic E-state index is 6.31. The third-order valence-corrected chi connectivity index (χ3v) is 4.39. The fourth-order valence-electron chi connectivity index (χ4n) is 3.38. The van der Waals surface area contributed by atoms with Crippen LogP contribution in [0.5, 0.6) is 0 Å². The zero-order chi connectivity index (χ0) is 11.7. The standard InChI is InChI=1S/C14H23N3/c15-14-13(11-7-3-1-2-4-8-11)16-12-9-5-6-10-17(12)14/h11H,1-10,15H2. The fraction of sp³-hybridized carbons (Fsp3) is 0.786. The molecule has 1 aromatic rings. The maximum absolute atomic E-state index is 6.31. The number of nitrogen functional groups attached to an aromatic ring is 1. The van der Waals surface area contributed by atoms with E-state index in [1.807, 2.05) is 0 Å². The Hall–Kier alpha value is -0.990. The van der Waals surface area contributed by atoms with Crippen molar-refractivity contribution in [2.45, 2.75) is 70.3 Å². The molecule has 1 fully saturated rings. The van der Waals surface area contributed by atoms with Gasteiger partial charge in [-0.3, -0.25) is 0 Å². The van der Waals surface area contributed by atoms with E-state index in [9.17, 15) is 0 Å². The summed E-state index contributed by atoms with van der Waals surface area (Å²) in [5, 5.41) is 0. The second kappa shape index (κ2) is 4.71. The van der Waals surface area contributed by atoms with Crippen LogP contribution in [0.1, 0.15) is 68.8 Å². The highest BCUT2D eigenvalue weighted by atomic mass is 15.1. The lowest BCUT2D eigenvalue weighted by Crippen LogP contribution is -2.12. The van der Waals surface area contributed by atoms with Crippen molar-refractivity contribution in [1.82, 2.24) is 9.55 Å². The second-order valence-electron chi connectivity index (χ2n) is 5.60. The molecule has 0 bridgehead atoms. The van der Waals surface area contributed by atoms with Crippen molar-refractivity contribution in [3.63, 3.8) is 0 Å². The van der Waals surface area contributed by atoms with Crippen LogP contribution in [0, 0.1) is 0 Å². The summed E-state index contributed by atoms with van der Waals surface area (Å²) in [4.78, 5) is 4.85. The van der Waals surface area contributed by atoms with Gasteiger partial charge in [0.25, 0.3) is 0 Å². The molecule has 0 amide bonds. The molecule has 1 aromatic heterocycles.